The Kier molecular flexibility index (Phi) is 5.28. The maximum absolute atomic E-state index is 12.7. The first-order chi connectivity index (χ1) is 17.0. The van der Waals surface area contributed by atoms with E-state index in [1.807, 2.05) is 23.6 Å². The predicted molar refractivity (Wildman–Crippen MR) is 130 cm³/mol. The summed E-state index contributed by atoms with van der Waals surface area (Å²) in [4.78, 5) is 3.06. The van der Waals surface area contributed by atoms with Crippen LogP contribution in [0.2, 0.25) is 0 Å². The van der Waals surface area contributed by atoms with E-state index in [4.69, 9.17) is 9.15 Å². The molecular formula is C26H18F3N3O2S. The number of alkyl halides is 3. The second-order valence-corrected chi connectivity index (χ2v) is 9.09. The van der Waals surface area contributed by atoms with Crippen molar-refractivity contribution in [2.45, 2.75) is 6.18 Å². The molecule has 1 N–H and O–H groups in total. The quantitative estimate of drug-likeness (QED) is 0.294. The second kappa shape index (κ2) is 8.48. The van der Waals surface area contributed by atoms with E-state index in [2.05, 4.69) is 33.0 Å². The molecule has 2 aromatic carbocycles. The van der Waals surface area contributed by atoms with Gasteiger partial charge in [0.05, 0.1) is 23.7 Å². The van der Waals surface area contributed by atoms with Crippen molar-refractivity contribution in [1.29, 1.82) is 0 Å². The van der Waals surface area contributed by atoms with Gasteiger partial charge in [0.1, 0.15) is 16.8 Å². The van der Waals surface area contributed by atoms with Crippen molar-refractivity contribution >= 4 is 39.1 Å². The van der Waals surface area contributed by atoms with Crippen LogP contribution in [0.25, 0.3) is 33.3 Å². The zero-order chi connectivity index (χ0) is 24.0. The first-order valence-corrected chi connectivity index (χ1v) is 11.9. The van der Waals surface area contributed by atoms with Gasteiger partial charge in [-0.3, -0.25) is 5.10 Å². The van der Waals surface area contributed by atoms with Crippen LogP contribution in [0.1, 0.15) is 16.0 Å². The van der Waals surface area contributed by atoms with E-state index in [1.165, 1.54) is 23.5 Å². The van der Waals surface area contributed by atoms with Crippen LogP contribution in [0.4, 0.5) is 18.9 Å². The summed E-state index contributed by atoms with van der Waals surface area (Å²) in [5.74, 6) is 5.95. The highest BCUT2D eigenvalue weighted by Gasteiger charge is 2.29. The molecule has 3 aromatic heterocycles. The van der Waals surface area contributed by atoms with Crippen molar-refractivity contribution in [2.24, 2.45) is 0 Å². The molecule has 6 rings (SSSR count). The number of benzene rings is 2. The molecule has 5 aromatic rings. The molecule has 0 bridgehead atoms. The van der Waals surface area contributed by atoms with E-state index in [0.717, 1.165) is 57.8 Å². The first kappa shape index (κ1) is 21.8. The number of thiophene rings is 1. The number of hydrogen-bond donors (Lipinski definition) is 1. The Morgan fingerprint density at radius 1 is 1.00 bits per heavy atom. The van der Waals surface area contributed by atoms with Crippen LogP contribution < -0.4 is 4.90 Å². The zero-order valence-electron chi connectivity index (χ0n) is 18.3. The molecule has 0 radical (unpaired) electrons. The number of morpholine rings is 1. The largest absolute Gasteiger partial charge is 0.452 e. The summed E-state index contributed by atoms with van der Waals surface area (Å²) < 4.78 is 49.9. The van der Waals surface area contributed by atoms with Gasteiger partial charge in [-0.2, -0.15) is 18.3 Å². The third-order valence-corrected chi connectivity index (χ3v) is 6.81. The average molecular weight is 494 g/mol. The molecule has 0 saturated carbocycles. The van der Waals surface area contributed by atoms with Crippen molar-refractivity contribution < 1.29 is 22.3 Å². The summed E-state index contributed by atoms with van der Waals surface area (Å²) in [5, 5.41) is 10.5. The van der Waals surface area contributed by atoms with Gasteiger partial charge in [-0.05, 0) is 42.5 Å². The number of hydrogen-bond acceptors (Lipinski definition) is 5. The second-order valence-electron chi connectivity index (χ2n) is 8.18. The van der Waals surface area contributed by atoms with Gasteiger partial charge in [0.25, 0.3) is 0 Å². The number of nitrogens with zero attached hydrogens (tertiary/aromatic N) is 2. The lowest BCUT2D eigenvalue weighted by Gasteiger charge is -2.28. The van der Waals surface area contributed by atoms with Crippen molar-refractivity contribution in [3.05, 3.63) is 69.9 Å². The lowest BCUT2D eigenvalue weighted by Crippen LogP contribution is -2.36. The smallest absolute Gasteiger partial charge is 0.416 e. The fourth-order valence-electron chi connectivity index (χ4n) is 4.14. The van der Waals surface area contributed by atoms with E-state index in [0.29, 0.717) is 30.1 Å². The monoisotopic (exact) mass is 493 g/mol. The first-order valence-electron chi connectivity index (χ1n) is 11.0. The molecule has 176 valence electrons. The molecule has 1 saturated heterocycles. The fraction of sp³-hybridized carbons (Fsp3) is 0.192. The molecule has 0 atom stereocenters. The third kappa shape index (κ3) is 4.16. The third-order valence-electron chi connectivity index (χ3n) is 5.96. The Hall–Kier alpha value is -3.74. The van der Waals surface area contributed by atoms with Gasteiger partial charge in [0, 0.05) is 46.7 Å². The van der Waals surface area contributed by atoms with Crippen LogP contribution in [0.3, 0.4) is 0 Å². The molecule has 1 aliphatic rings. The summed E-state index contributed by atoms with van der Waals surface area (Å²) in [6.45, 7) is 3.13. The van der Waals surface area contributed by atoms with Crippen LogP contribution >= 0.6 is 11.3 Å². The number of rotatable bonds is 2. The van der Waals surface area contributed by atoms with Gasteiger partial charge in [-0.15, -0.1) is 11.3 Å². The lowest BCUT2D eigenvalue weighted by molar-refractivity contribution is -0.137. The van der Waals surface area contributed by atoms with E-state index < -0.39 is 11.7 Å². The van der Waals surface area contributed by atoms with Crippen LogP contribution in [0.15, 0.2) is 58.3 Å². The van der Waals surface area contributed by atoms with Crippen LogP contribution in [-0.2, 0) is 10.9 Å². The molecule has 9 heteroatoms. The number of fused-ring (bicyclic) bond motifs is 3. The Morgan fingerprint density at radius 3 is 2.57 bits per heavy atom. The van der Waals surface area contributed by atoms with Crippen molar-refractivity contribution in [3.63, 3.8) is 0 Å². The Labute approximate surface area is 202 Å². The Morgan fingerprint density at radius 2 is 1.80 bits per heavy atom. The van der Waals surface area contributed by atoms with Crippen LogP contribution in [-0.4, -0.2) is 36.5 Å². The molecule has 0 aliphatic carbocycles. The molecule has 0 amide bonds. The minimum absolute atomic E-state index is 0.517. The number of anilines is 1. The van der Waals surface area contributed by atoms with Gasteiger partial charge in [-0.25, -0.2) is 0 Å². The zero-order valence-corrected chi connectivity index (χ0v) is 19.1. The highest BCUT2D eigenvalue weighted by atomic mass is 32.1. The van der Waals surface area contributed by atoms with E-state index in [9.17, 15) is 13.2 Å². The highest BCUT2D eigenvalue weighted by molar-refractivity contribution is 7.11. The fourth-order valence-corrected chi connectivity index (χ4v) is 4.88. The number of aromatic amines is 1. The van der Waals surface area contributed by atoms with Crippen LogP contribution in [0.5, 0.6) is 0 Å². The summed E-state index contributed by atoms with van der Waals surface area (Å²) in [6.07, 6.45) is -4.36. The van der Waals surface area contributed by atoms with Crippen LogP contribution in [0, 0.1) is 11.8 Å². The van der Waals surface area contributed by atoms with Gasteiger partial charge >= 0.3 is 6.18 Å². The summed E-state index contributed by atoms with van der Waals surface area (Å²) in [5.41, 5.74) is 4.80. The molecule has 35 heavy (non-hydrogen) atoms. The minimum Gasteiger partial charge on any atom is -0.452 e. The summed E-state index contributed by atoms with van der Waals surface area (Å²) in [6, 6.07) is 12.9. The molecular weight excluding hydrogens is 475 g/mol. The van der Waals surface area contributed by atoms with Crippen molar-refractivity contribution in [1.82, 2.24) is 10.2 Å². The lowest BCUT2D eigenvalue weighted by atomic mass is 10.1. The van der Waals surface area contributed by atoms with Gasteiger partial charge in [0.2, 0.25) is 0 Å². The standard InChI is InChI=1S/C26H18F3N3O2S/c27-26(28,29)18-4-1-16(2-5-18)3-7-20-13-17(15-35-20)23-25-24(31-30-23)21-8-6-19(14-22(21)34-25)32-9-11-33-12-10-32/h1-2,4-6,8,13-15H,9-12H2,(H,30,31). The molecule has 1 aliphatic heterocycles. The highest BCUT2D eigenvalue weighted by Crippen LogP contribution is 2.37. The van der Waals surface area contributed by atoms with Gasteiger partial charge in [-0.1, -0.05) is 11.8 Å². The van der Waals surface area contributed by atoms with E-state index >= 15 is 0 Å². The number of furan rings is 1. The molecule has 4 heterocycles. The van der Waals surface area contributed by atoms with Crippen molar-refractivity contribution in [3.8, 4) is 23.1 Å². The molecule has 0 spiro atoms. The summed E-state index contributed by atoms with van der Waals surface area (Å²) >= 11 is 1.44. The Balaban J connectivity index is 1.28. The number of nitrogens with one attached hydrogen (secondary N) is 1. The summed E-state index contributed by atoms with van der Waals surface area (Å²) in [7, 11) is 0. The molecule has 1 fully saturated rings. The molecule has 5 nitrogen and oxygen atoms in total. The van der Waals surface area contributed by atoms with Crippen molar-refractivity contribution in [2.75, 3.05) is 31.2 Å². The number of halogens is 3. The number of ether oxygens (including phenoxy) is 1. The topological polar surface area (TPSA) is 54.3 Å². The van der Waals surface area contributed by atoms with Gasteiger partial charge in [0.15, 0.2) is 5.58 Å². The maximum Gasteiger partial charge on any atom is 0.416 e. The predicted octanol–water partition coefficient (Wildman–Crippen LogP) is 6.29. The molecule has 0 unspecified atom stereocenters. The van der Waals surface area contributed by atoms with E-state index in [1.54, 1.807) is 0 Å². The van der Waals surface area contributed by atoms with Gasteiger partial charge < -0.3 is 14.1 Å². The maximum atomic E-state index is 12.7. The van der Waals surface area contributed by atoms with E-state index in [-0.39, 0.29) is 0 Å². The Bertz CT molecular complexity index is 1580. The normalized spacial score (nSPS) is 14.4. The average Bonchev–Trinajstić information content (AvgIpc) is 3.58. The minimum atomic E-state index is -4.36. The number of H-pyrrole nitrogens is 1. The number of aromatic nitrogens is 2. The SMILES string of the molecule is FC(F)(F)c1ccc(C#Cc2cc(-c3n[nH]c4c3oc3cc(N5CCOCC5)ccc34)cs2)cc1.